The van der Waals surface area contributed by atoms with Gasteiger partial charge in [0, 0.05) is 0 Å². The molecular weight excluding hydrogens is 246 g/mol. The summed E-state index contributed by atoms with van der Waals surface area (Å²) in [5.41, 5.74) is 0. The molecule has 0 heterocycles. The Kier molecular flexibility index (Phi) is 3.55. The van der Waals surface area contributed by atoms with Crippen LogP contribution in [0.3, 0.4) is 0 Å². The number of rotatable bonds is 4. The molecule has 3 aromatic carbocycles. The van der Waals surface area contributed by atoms with Crippen LogP contribution in [0, 0.1) is 0 Å². The normalized spacial score (nSPS) is 10.5. The van der Waals surface area contributed by atoms with Crippen molar-refractivity contribution in [3.05, 3.63) is 48.5 Å². The second-order valence-electron chi connectivity index (χ2n) is 4.70. The summed E-state index contributed by atoms with van der Waals surface area (Å²) >= 11 is 0. The molecule has 3 rings (SSSR count). The zero-order chi connectivity index (χ0) is 13.9. The predicted octanol–water partition coefficient (Wildman–Crippen LogP) is 3.55. The SMILES string of the molecule is CBOc1ccc2c(ccc3cc(OBC)ccc32)c1. The Morgan fingerprint density at radius 1 is 0.650 bits per heavy atom. The average molecular weight is 262 g/mol. The van der Waals surface area contributed by atoms with E-state index in [1.807, 2.05) is 25.8 Å². The topological polar surface area (TPSA) is 18.5 Å². The molecule has 4 heteroatoms. The molecule has 0 spiro atoms. The highest BCUT2D eigenvalue weighted by atomic mass is 16.4. The van der Waals surface area contributed by atoms with Gasteiger partial charge in [0.25, 0.3) is 0 Å². The minimum atomic E-state index is 0.691. The van der Waals surface area contributed by atoms with Gasteiger partial charge in [0.05, 0.1) is 11.5 Å². The number of hydrogen-bond donors (Lipinski definition) is 0. The van der Waals surface area contributed by atoms with Crippen molar-refractivity contribution in [2.24, 2.45) is 0 Å². The van der Waals surface area contributed by atoms with E-state index in [9.17, 15) is 0 Å². The van der Waals surface area contributed by atoms with E-state index >= 15 is 0 Å². The van der Waals surface area contributed by atoms with Gasteiger partial charge in [0.2, 0.25) is 0 Å². The molecule has 2 nitrogen and oxygen atoms in total. The molecule has 0 aromatic heterocycles. The zero-order valence-corrected chi connectivity index (χ0v) is 11.8. The second-order valence-corrected chi connectivity index (χ2v) is 4.70. The van der Waals surface area contributed by atoms with Gasteiger partial charge in [-0.25, -0.2) is 0 Å². The molecule has 0 aliphatic rings. The van der Waals surface area contributed by atoms with E-state index in [4.69, 9.17) is 9.31 Å². The number of benzene rings is 3. The summed E-state index contributed by atoms with van der Waals surface area (Å²) in [6.07, 6.45) is 0. The first-order valence-corrected chi connectivity index (χ1v) is 7.04. The van der Waals surface area contributed by atoms with Gasteiger partial charge in [-0.1, -0.05) is 37.9 Å². The van der Waals surface area contributed by atoms with Gasteiger partial charge >= 0.3 is 15.0 Å². The largest absolute Gasteiger partial charge is 0.565 e. The van der Waals surface area contributed by atoms with Crippen LogP contribution in [0.15, 0.2) is 48.5 Å². The van der Waals surface area contributed by atoms with Crippen molar-refractivity contribution in [3.8, 4) is 11.5 Å². The van der Waals surface area contributed by atoms with E-state index in [2.05, 4.69) is 36.4 Å². The van der Waals surface area contributed by atoms with Crippen molar-refractivity contribution in [1.82, 2.24) is 0 Å². The van der Waals surface area contributed by atoms with Gasteiger partial charge in [-0.2, -0.15) is 0 Å². The van der Waals surface area contributed by atoms with Gasteiger partial charge in [-0.3, -0.25) is 0 Å². The Hall–Kier alpha value is -2.09. The highest BCUT2D eigenvalue weighted by molar-refractivity contribution is 6.26. The molecule has 0 atom stereocenters. The Labute approximate surface area is 120 Å². The third-order valence-electron chi connectivity index (χ3n) is 3.40. The van der Waals surface area contributed by atoms with Crippen LogP contribution in [0.1, 0.15) is 0 Å². The fraction of sp³-hybridized carbons (Fsp3) is 0.125. The first-order chi connectivity index (χ1) is 9.81. The molecule has 3 aromatic rings. The molecule has 0 saturated heterocycles. The molecular formula is C16H16B2O2. The first kappa shape index (κ1) is 12.9. The van der Waals surface area contributed by atoms with Gasteiger partial charge in [0.15, 0.2) is 0 Å². The summed E-state index contributed by atoms with van der Waals surface area (Å²) in [7, 11) is 1.38. The molecule has 98 valence electrons. The van der Waals surface area contributed by atoms with Crippen LogP contribution in [-0.2, 0) is 0 Å². The summed E-state index contributed by atoms with van der Waals surface area (Å²) in [4.78, 5) is 0. The van der Waals surface area contributed by atoms with E-state index < -0.39 is 0 Å². The first-order valence-electron chi connectivity index (χ1n) is 7.04. The standard InChI is InChI=1S/C16H16B2O2/c1-17-19-13-5-7-15-11(9-13)3-4-12-10-14(20-18-2)6-8-16(12)15/h3-10,17-18H,1-2H3. The zero-order valence-electron chi connectivity index (χ0n) is 11.8. The van der Waals surface area contributed by atoms with Crippen molar-refractivity contribution in [1.29, 1.82) is 0 Å². The molecule has 0 unspecified atom stereocenters. The van der Waals surface area contributed by atoms with E-state index in [0.29, 0.717) is 15.0 Å². The maximum Gasteiger partial charge on any atom is 0.336 e. The lowest BCUT2D eigenvalue weighted by Gasteiger charge is -2.09. The van der Waals surface area contributed by atoms with E-state index in [1.165, 1.54) is 21.5 Å². The molecule has 0 aliphatic carbocycles. The van der Waals surface area contributed by atoms with Gasteiger partial charge in [0.1, 0.15) is 0 Å². The van der Waals surface area contributed by atoms with Crippen LogP contribution in [0.2, 0.25) is 13.6 Å². The van der Waals surface area contributed by atoms with Crippen LogP contribution >= 0.6 is 0 Å². The second kappa shape index (κ2) is 5.49. The Morgan fingerprint density at radius 2 is 1.10 bits per heavy atom. The maximum atomic E-state index is 5.56. The van der Waals surface area contributed by atoms with Crippen molar-refractivity contribution >= 4 is 36.5 Å². The highest BCUT2D eigenvalue weighted by Gasteiger charge is 2.03. The summed E-state index contributed by atoms with van der Waals surface area (Å²) in [5, 5.41) is 4.89. The quantitative estimate of drug-likeness (QED) is 0.528. The molecule has 0 amide bonds. The lowest BCUT2D eigenvalue weighted by Crippen LogP contribution is -1.95. The maximum absolute atomic E-state index is 5.56. The van der Waals surface area contributed by atoms with Gasteiger partial charge in [-0.15, -0.1) is 0 Å². The van der Waals surface area contributed by atoms with Crippen molar-refractivity contribution < 1.29 is 9.31 Å². The molecule has 0 bridgehead atoms. The lowest BCUT2D eigenvalue weighted by molar-refractivity contribution is 0.600. The molecule has 20 heavy (non-hydrogen) atoms. The summed E-state index contributed by atoms with van der Waals surface area (Å²) in [5.74, 6) is 1.84. The van der Waals surface area contributed by atoms with E-state index in [0.717, 1.165) is 11.5 Å². The van der Waals surface area contributed by atoms with E-state index in [-0.39, 0.29) is 0 Å². The van der Waals surface area contributed by atoms with Crippen LogP contribution in [0.4, 0.5) is 0 Å². The number of hydrogen-bond acceptors (Lipinski definition) is 2. The summed E-state index contributed by atoms with van der Waals surface area (Å²) in [6.45, 7) is 4.00. The van der Waals surface area contributed by atoms with Gasteiger partial charge < -0.3 is 9.31 Å². The number of fused-ring (bicyclic) bond motifs is 3. The molecule has 0 N–H and O–H groups in total. The molecule has 0 fully saturated rings. The third kappa shape index (κ3) is 2.34. The smallest absolute Gasteiger partial charge is 0.336 e. The average Bonchev–Trinajstić information content (AvgIpc) is 2.47. The predicted molar refractivity (Wildman–Crippen MR) is 88.7 cm³/mol. The van der Waals surface area contributed by atoms with Crippen molar-refractivity contribution in [3.63, 3.8) is 0 Å². The van der Waals surface area contributed by atoms with E-state index in [1.54, 1.807) is 0 Å². The summed E-state index contributed by atoms with van der Waals surface area (Å²) < 4.78 is 11.1. The van der Waals surface area contributed by atoms with Crippen LogP contribution < -0.4 is 9.31 Å². The molecule has 0 radical (unpaired) electrons. The van der Waals surface area contributed by atoms with Crippen LogP contribution in [0.25, 0.3) is 21.5 Å². The Balaban J connectivity index is 2.15. The van der Waals surface area contributed by atoms with Crippen LogP contribution in [-0.4, -0.2) is 15.0 Å². The minimum Gasteiger partial charge on any atom is -0.565 e. The summed E-state index contributed by atoms with van der Waals surface area (Å²) in [6, 6.07) is 16.8. The lowest BCUT2D eigenvalue weighted by atomic mass is 10.0. The van der Waals surface area contributed by atoms with Gasteiger partial charge in [-0.05, 0) is 45.8 Å². The third-order valence-corrected chi connectivity index (χ3v) is 3.40. The molecule has 0 aliphatic heterocycles. The highest BCUT2D eigenvalue weighted by Crippen LogP contribution is 2.30. The monoisotopic (exact) mass is 262 g/mol. The van der Waals surface area contributed by atoms with Crippen LogP contribution in [0.5, 0.6) is 11.5 Å². The fourth-order valence-electron chi connectivity index (χ4n) is 2.54. The van der Waals surface area contributed by atoms with Crippen molar-refractivity contribution in [2.75, 3.05) is 0 Å². The Morgan fingerprint density at radius 3 is 1.50 bits per heavy atom. The fourth-order valence-corrected chi connectivity index (χ4v) is 2.54. The van der Waals surface area contributed by atoms with Crippen molar-refractivity contribution in [2.45, 2.75) is 13.6 Å². The Bertz CT molecular complexity index is 691. The minimum absolute atomic E-state index is 0.691. The molecule has 0 saturated carbocycles.